The molecule has 2 aromatic carbocycles. The van der Waals surface area contributed by atoms with Gasteiger partial charge in [-0.25, -0.2) is 0 Å². The summed E-state index contributed by atoms with van der Waals surface area (Å²) in [4.78, 5) is 7.22. The second-order valence-electron chi connectivity index (χ2n) is 7.28. The number of aromatic nitrogens is 1. The van der Waals surface area contributed by atoms with Gasteiger partial charge in [-0.2, -0.15) is 0 Å². The van der Waals surface area contributed by atoms with Crippen LogP contribution in [0.2, 0.25) is 0 Å². The van der Waals surface area contributed by atoms with Gasteiger partial charge in [-0.3, -0.25) is 4.98 Å². The number of aryl methyl sites for hydroxylation is 1. The molecular formula is C24H26N2. The molecule has 4 rings (SSSR count). The number of hydrogen-bond donors (Lipinski definition) is 0. The van der Waals surface area contributed by atoms with Crippen molar-refractivity contribution in [2.24, 2.45) is 0 Å². The number of rotatable bonds is 5. The van der Waals surface area contributed by atoms with Gasteiger partial charge in [0.15, 0.2) is 0 Å². The van der Waals surface area contributed by atoms with Crippen LogP contribution in [0.25, 0.3) is 0 Å². The minimum Gasteiger partial charge on any atom is -0.368 e. The zero-order valence-corrected chi connectivity index (χ0v) is 15.4. The number of pyridine rings is 1. The van der Waals surface area contributed by atoms with Crippen LogP contribution in [0.15, 0.2) is 79.0 Å². The van der Waals surface area contributed by atoms with Crippen molar-refractivity contribution in [3.8, 4) is 0 Å². The average molecular weight is 342 g/mol. The van der Waals surface area contributed by atoms with E-state index in [1.807, 2.05) is 12.3 Å². The lowest BCUT2D eigenvalue weighted by Crippen LogP contribution is -2.35. The van der Waals surface area contributed by atoms with Crippen LogP contribution in [-0.2, 0) is 6.42 Å². The molecule has 1 fully saturated rings. The summed E-state index contributed by atoms with van der Waals surface area (Å²) in [6.07, 6.45) is 5.38. The Morgan fingerprint density at radius 1 is 0.962 bits per heavy atom. The second-order valence-corrected chi connectivity index (χ2v) is 7.28. The molecule has 1 aliphatic rings. The van der Waals surface area contributed by atoms with E-state index in [-0.39, 0.29) is 0 Å². The van der Waals surface area contributed by atoms with Gasteiger partial charge in [0.05, 0.1) is 0 Å². The first kappa shape index (κ1) is 16.8. The molecule has 0 spiro atoms. The second kappa shape index (κ2) is 7.74. The largest absolute Gasteiger partial charge is 0.368 e. The zero-order valence-electron chi connectivity index (χ0n) is 15.4. The van der Waals surface area contributed by atoms with Crippen LogP contribution in [0.4, 0.5) is 5.69 Å². The van der Waals surface area contributed by atoms with Gasteiger partial charge in [0, 0.05) is 36.1 Å². The summed E-state index contributed by atoms with van der Waals surface area (Å²) in [5, 5.41) is 0. The van der Waals surface area contributed by atoms with Crippen molar-refractivity contribution in [1.29, 1.82) is 0 Å². The van der Waals surface area contributed by atoms with Gasteiger partial charge in [0.1, 0.15) is 0 Å². The van der Waals surface area contributed by atoms with E-state index in [1.54, 1.807) is 0 Å². The fraction of sp³-hybridized carbons (Fsp3) is 0.292. The predicted octanol–water partition coefficient (Wildman–Crippen LogP) is 5.39. The Hall–Kier alpha value is -2.61. The Bertz CT molecular complexity index is 812. The molecule has 3 aromatic rings. The molecule has 0 saturated carbocycles. The highest BCUT2D eigenvalue weighted by atomic mass is 15.2. The van der Waals surface area contributed by atoms with E-state index >= 15 is 0 Å². The maximum absolute atomic E-state index is 4.61. The molecule has 2 heteroatoms. The van der Waals surface area contributed by atoms with Gasteiger partial charge >= 0.3 is 0 Å². The van der Waals surface area contributed by atoms with Crippen LogP contribution >= 0.6 is 0 Å². The fourth-order valence-corrected chi connectivity index (χ4v) is 4.18. The van der Waals surface area contributed by atoms with Gasteiger partial charge in [0.25, 0.3) is 0 Å². The van der Waals surface area contributed by atoms with Crippen molar-refractivity contribution in [2.75, 3.05) is 11.4 Å². The Kier molecular flexibility index (Phi) is 5.01. The molecule has 0 amide bonds. The summed E-state index contributed by atoms with van der Waals surface area (Å²) in [5.41, 5.74) is 5.26. The molecule has 132 valence electrons. The summed E-state index contributed by atoms with van der Waals surface area (Å²) in [6, 6.07) is 26.7. The Morgan fingerprint density at radius 2 is 1.73 bits per heavy atom. The number of hydrogen-bond acceptors (Lipinski definition) is 2. The Morgan fingerprint density at radius 3 is 2.46 bits per heavy atom. The summed E-state index contributed by atoms with van der Waals surface area (Å²) in [7, 11) is 0. The molecule has 0 bridgehead atoms. The van der Waals surface area contributed by atoms with Crippen molar-refractivity contribution in [1.82, 2.24) is 4.98 Å². The molecule has 2 nitrogen and oxygen atoms in total. The van der Waals surface area contributed by atoms with Crippen LogP contribution in [0, 0.1) is 6.92 Å². The van der Waals surface area contributed by atoms with Gasteiger partial charge in [0.2, 0.25) is 0 Å². The third kappa shape index (κ3) is 3.65. The Balaban J connectivity index is 1.68. The van der Waals surface area contributed by atoms with Crippen molar-refractivity contribution in [2.45, 2.75) is 38.1 Å². The van der Waals surface area contributed by atoms with E-state index in [0.717, 1.165) is 13.0 Å². The highest BCUT2D eigenvalue weighted by Gasteiger charge is 2.33. The number of nitrogens with zero attached hydrogens (tertiary/aromatic N) is 2. The van der Waals surface area contributed by atoms with E-state index in [2.05, 4.69) is 83.5 Å². The molecule has 0 unspecified atom stereocenters. The minimum absolute atomic E-state index is 0.452. The molecular weight excluding hydrogens is 316 g/mol. The molecule has 1 aromatic heterocycles. The molecule has 0 N–H and O–H groups in total. The molecule has 0 aliphatic carbocycles. The first-order valence-corrected chi connectivity index (χ1v) is 9.59. The number of para-hydroxylation sites is 1. The zero-order chi connectivity index (χ0) is 17.8. The fourth-order valence-electron chi connectivity index (χ4n) is 4.18. The molecule has 2 heterocycles. The summed E-state index contributed by atoms with van der Waals surface area (Å²) < 4.78 is 0. The van der Waals surface area contributed by atoms with E-state index in [4.69, 9.17) is 0 Å². The topological polar surface area (TPSA) is 16.1 Å². The van der Waals surface area contributed by atoms with Gasteiger partial charge < -0.3 is 4.90 Å². The van der Waals surface area contributed by atoms with Crippen LogP contribution in [0.1, 0.15) is 35.6 Å². The average Bonchev–Trinajstić information content (AvgIpc) is 3.18. The van der Waals surface area contributed by atoms with Crippen LogP contribution < -0.4 is 4.90 Å². The van der Waals surface area contributed by atoms with E-state index in [1.165, 1.54) is 35.3 Å². The van der Waals surface area contributed by atoms with E-state index in [9.17, 15) is 0 Å². The molecule has 1 aliphatic heterocycles. The summed E-state index contributed by atoms with van der Waals surface area (Å²) >= 11 is 0. The highest BCUT2D eigenvalue weighted by Crippen LogP contribution is 2.36. The minimum atomic E-state index is 0.452. The molecule has 2 atom stereocenters. The van der Waals surface area contributed by atoms with Crippen molar-refractivity contribution < 1.29 is 0 Å². The van der Waals surface area contributed by atoms with Crippen LogP contribution in [0.3, 0.4) is 0 Å². The first-order valence-electron chi connectivity index (χ1n) is 9.59. The Labute approximate surface area is 156 Å². The predicted molar refractivity (Wildman–Crippen MR) is 109 cm³/mol. The van der Waals surface area contributed by atoms with Gasteiger partial charge in [-0.15, -0.1) is 0 Å². The van der Waals surface area contributed by atoms with Crippen LogP contribution in [0.5, 0.6) is 0 Å². The molecule has 26 heavy (non-hydrogen) atoms. The van der Waals surface area contributed by atoms with Crippen molar-refractivity contribution >= 4 is 5.69 Å². The first-order chi connectivity index (χ1) is 12.8. The monoisotopic (exact) mass is 342 g/mol. The maximum Gasteiger partial charge on any atom is 0.0410 e. The van der Waals surface area contributed by atoms with E-state index < -0.39 is 0 Å². The maximum atomic E-state index is 4.61. The lowest BCUT2D eigenvalue weighted by molar-refractivity contribution is 0.521. The lowest BCUT2D eigenvalue weighted by atomic mass is 9.85. The normalized spacial score (nSPS) is 18.0. The smallest absolute Gasteiger partial charge is 0.0410 e. The SMILES string of the molecule is Cc1ccc([C@H](Cc2ccccn2)[C@@H]2CCCN2c2ccccc2)cc1. The van der Waals surface area contributed by atoms with E-state index in [0.29, 0.717) is 12.0 Å². The molecule has 1 saturated heterocycles. The summed E-state index contributed by atoms with van der Waals surface area (Å²) in [5.74, 6) is 0.452. The molecule has 0 radical (unpaired) electrons. The van der Waals surface area contributed by atoms with Gasteiger partial charge in [-0.1, -0.05) is 54.1 Å². The highest BCUT2D eigenvalue weighted by molar-refractivity contribution is 5.49. The van der Waals surface area contributed by atoms with Crippen LogP contribution in [-0.4, -0.2) is 17.6 Å². The number of benzene rings is 2. The third-order valence-electron chi connectivity index (χ3n) is 5.51. The standard InChI is InChI=1S/C24H26N2/c1-19-12-14-20(15-13-19)23(18-21-8-5-6-16-25-21)24-11-7-17-26(24)22-9-3-2-4-10-22/h2-6,8-10,12-16,23-24H,7,11,17-18H2,1H3/t23-,24-/m0/s1. The van der Waals surface area contributed by atoms with Crippen molar-refractivity contribution in [3.05, 3.63) is 95.8 Å². The van der Waals surface area contributed by atoms with Gasteiger partial charge in [-0.05, 0) is 56.0 Å². The lowest BCUT2D eigenvalue weighted by Gasteiger charge is -2.34. The summed E-state index contributed by atoms with van der Waals surface area (Å²) in [6.45, 7) is 3.29. The third-order valence-corrected chi connectivity index (χ3v) is 5.51. The number of anilines is 1. The quantitative estimate of drug-likeness (QED) is 0.618. The van der Waals surface area contributed by atoms with Crippen molar-refractivity contribution in [3.63, 3.8) is 0 Å².